The molecule has 1 aromatic heterocycles. The summed E-state index contributed by atoms with van der Waals surface area (Å²) in [6.07, 6.45) is 2.30. The zero-order valence-corrected chi connectivity index (χ0v) is 8.03. The molecule has 15 heavy (non-hydrogen) atoms. The second kappa shape index (κ2) is 3.76. The van der Waals surface area contributed by atoms with Gasteiger partial charge in [-0.15, -0.1) is 0 Å². The Morgan fingerprint density at radius 1 is 1.40 bits per heavy atom. The van der Waals surface area contributed by atoms with Crippen LogP contribution < -0.4 is 5.32 Å². The van der Waals surface area contributed by atoms with Crippen LogP contribution in [0.2, 0.25) is 0 Å². The summed E-state index contributed by atoms with van der Waals surface area (Å²) in [5, 5.41) is 11.3. The summed E-state index contributed by atoms with van der Waals surface area (Å²) in [4.78, 5) is 21.9. The van der Waals surface area contributed by atoms with E-state index in [0.29, 0.717) is 12.5 Å². The monoisotopic (exact) mass is 209 g/mol. The lowest BCUT2D eigenvalue weighted by Gasteiger charge is -1.99. The Hall–Kier alpha value is -1.78. The molecule has 0 atom stereocenters. The van der Waals surface area contributed by atoms with E-state index in [-0.39, 0.29) is 17.4 Å². The van der Waals surface area contributed by atoms with Crippen LogP contribution in [0.15, 0.2) is 16.5 Å². The van der Waals surface area contributed by atoms with Crippen molar-refractivity contribution in [1.29, 1.82) is 0 Å². The molecule has 0 radical (unpaired) electrons. The van der Waals surface area contributed by atoms with Crippen molar-refractivity contribution in [2.45, 2.75) is 12.8 Å². The summed E-state index contributed by atoms with van der Waals surface area (Å²) < 4.78 is 4.85. The first-order valence-corrected chi connectivity index (χ1v) is 4.78. The Balaban J connectivity index is 1.94. The Kier molecular flexibility index (Phi) is 2.45. The molecule has 1 fully saturated rings. The molecule has 1 aliphatic carbocycles. The number of hydrogen-bond donors (Lipinski definition) is 2. The van der Waals surface area contributed by atoms with Crippen LogP contribution in [0, 0.1) is 5.92 Å². The highest BCUT2D eigenvalue weighted by Gasteiger charge is 2.22. The number of aromatic carboxylic acids is 1. The lowest BCUT2D eigenvalue weighted by atomic mass is 10.3. The standard InChI is InChI=1S/C10H11NO4/c12-9(11-5-6-1-2-6)7-3-4-8(15-7)10(13)14/h3-4,6H,1-2,5H2,(H,11,12)(H,13,14). The highest BCUT2D eigenvalue weighted by atomic mass is 16.4. The predicted octanol–water partition coefficient (Wildman–Crippen LogP) is 1.12. The lowest BCUT2D eigenvalue weighted by Crippen LogP contribution is -2.25. The lowest BCUT2D eigenvalue weighted by molar-refractivity contribution is 0.0659. The maximum Gasteiger partial charge on any atom is 0.371 e. The molecular formula is C10H11NO4. The normalized spacial score (nSPS) is 14.9. The molecule has 0 bridgehead atoms. The Morgan fingerprint density at radius 3 is 2.60 bits per heavy atom. The van der Waals surface area contributed by atoms with Gasteiger partial charge in [0, 0.05) is 6.54 Å². The average molecular weight is 209 g/mol. The van der Waals surface area contributed by atoms with Gasteiger partial charge in [0.1, 0.15) is 0 Å². The molecule has 1 heterocycles. The molecular weight excluding hydrogens is 198 g/mol. The maximum atomic E-state index is 11.4. The second-order valence-corrected chi connectivity index (χ2v) is 3.62. The van der Waals surface area contributed by atoms with Gasteiger partial charge < -0.3 is 14.8 Å². The number of carboxylic acid groups (broad SMARTS) is 1. The minimum atomic E-state index is -1.17. The third kappa shape index (κ3) is 2.37. The van der Waals surface area contributed by atoms with E-state index >= 15 is 0 Å². The predicted molar refractivity (Wildman–Crippen MR) is 50.7 cm³/mol. The first kappa shape index (κ1) is 9.76. The van der Waals surface area contributed by atoms with Crippen LogP contribution in [-0.4, -0.2) is 23.5 Å². The van der Waals surface area contributed by atoms with Crippen molar-refractivity contribution < 1.29 is 19.1 Å². The molecule has 1 amide bonds. The summed E-state index contributed by atoms with van der Waals surface area (Å²) in [6.45, 7) is 0.641. The maximum absolute atomic E-state index is 11.4. The molecule has 2 N–H and O–H groups in total. The zero-order valence-electron chi connectivity index (χ0n) is 8.03. The van der Waals surface area contributed by atoms with Crippen LogP contribution >= 0.6 is 0 Å². The fourth-order valence-electron chi connectivity index (χ4n) is 1.22. The van der Waals surface area contributed by atoms with Gasteiger partial charge in [-0.05, 0) is 30.9 Å². The van der Waals surface area contributed by atoms with Gasteiger partial charge in [0.05, 0.1) is 0 Å². The number of amides is 1. The topological polar surface area (TPSA) is 79.5 Å². The van der Waals surface area contributed by atoms with E-state index in [9.17, 15) is 9.59 Å². The summed E-state index contributed by atoms with van der Waals surface area (Å²) in [7, 11) is 0. The van der Waals surface area contributed by atoms with E-state index in [2.05, 4.69) is 5.32 Å². The Bertz CT molecular complexity index is 392. The highest BCUT2D eigenvalue weighted by molar-refractivity contribution is 5.93. The van der Waals surface area contributed by atoms with E-state index < -0.39 is 5.97 Å². The quantitative estimate of drug-likeness (QED) is 0.778. The molecule has 5 nitrogen and oxygen atoms in total. The average Bonchev–Trinajstić information content (AvgIpc) is 2.88. The van der Waals surface area contributed by atoms with Gasteiger partial charge in [0.25, 0.3) is 5.91 Å². The zero-order chi connectivity index (χ0) is 10.8. The SMILES string of the molecule is O=C(O)c1ccc(C(=O)NCC2CC2)o1. The molecule has 1 saturated carbocycles. The van der Waals surface area contributed by atoms with Crippen molar-refractivity contribution in [3.8, 4) is 0 Å². The highest BCUT2D eigenvalue weighted by Crippen LogP contribution is 2.27. The van der Waals surface area contributed by atoms with Crippen molar-refractivity contribution in [3.63, 3.8) is 0 Å². The van der Waals surface area contributed by atoms with Crippen LogP contribution in [0.3, 0.4) is 0 Å². The number of rotatable bonds is 4. The summed E-state index contributed by atoms with van der Waals surface area (Å²) >= 11 is 0. The van der Waals surface area contributed by atoms with Gasteiger partial charge in [0.15, 0.2) is 5.76 Å². The van der Waals surface area contributed by atoms with Crippen LogP contribution in [0.5, 0.6) is 0 Å². The van der Waals surface area contributed by atoms with Gasteiger partial charge in [-0.3, -0.25) is 4.79 Å². The van der Waals surface area contributed by atoms with Gasteiger partial charge in [-0.25, -0.2) is 4.79 Å². The minimum Gasteiger partial charge on any atom is -0.475 e. The van der Waals surface area contributed by atoms with E-state index in [1.54, 1.807) is 0 Å². The molecule has 2 rings (SSSR count). The minimum absolute atomic E-state index is 0.0491. The second-order valence-electron chi connectivity index (χ2n) is 3.62. The van der Waals surface area contributed by atoms with Crippen molar-refractivity contribution in [1.82, 2.24) is 5.32 Å². The molecule has 0 aromatic carbocycles. The first-order chi connectivity index (χ1) is 7.16. The van der Waals surface area contributed by atoms with Gasteiger partial charge in [0.2, 0.25) is 5.76 Å². The van der Waals surface area contributed by atoms with Crippen molar-refractivity contribution in [2.75, 3.05) is 6.54 Å². The molecule has 0 unspecified atom stereocenters. The van der Waals surface area contributed by atoms with Crippen LogP contribution in [-0.2, 0) is 0 Å². The molecule has 1 aromatic rings. The third-order valence-corrected chi connectivity index (χ3v) is 2.29. The first-order valence-electron chi connectivity index (χ1n) is 4.78. The Morgan fingerprint density at radius 2 is 2.07 bits per heavy atom. The number of carbonyl (C=O) groups excluding carboxylic acids is 1. The number of hydrogen-bond acceptors (Lipinski definition) is 3. The number of carboxylic acids is 1. The summed E-state index contributed by atoms with van der Waals surface area (Å²) in [5.41, 5.74) is 0. The molecule has 80 valence electrons. The number of carbonyl (C=O) groups is 2. The van der Waals surface area contributed by atoms with Crippen LogP contribution in [0.25, 0.3) is 0 Å². The van der Waals surface area contributed by atoms with E-state index in [4.69, 9.17) is 9.52 Å². The molecule has 0 spiro atoms. The van der Waals surface area contributed by atoms with E-state index in [0.717, 1.165) is 12.8 Å². The van der Waals surface area contributed by atoms with Gasteiger partial charge in [-0.2, -0.15) is 0 Å². The number of furan rings is 1. The Labute approximate surface area is 86.1 Å². The van der Waals surface area contributed by atoms with Crippen molar-refractivity contribution in [3.05, 3.63) is 23.7 Å². The summed E-state index contributed by atoms with van der Waals surface area (Å²) in [6, 6.07) is 2.64. The van der Waals surface area contributed by atoms with Gasteiger partial charge >= 0.3 is 5.97 Å². The van der Waals surface area contributed by atoms with Crippen molar-refractivity contribution in [2.24, 2.45) is 5.92 Å². The summed E-state index contributed by atoms with van der Waals surface area (Å²) in [5.74, 6) is -1.10. The molecule has 0 aliphatic heterocycles. The van der Waals surface area contributed by atoms with E-state index in [1.165, 1.54) is 12.1 Å². The smallest absolute Gasteiger partial charge is 0.371 e. The van der Waals surface area contributed by atoms with E-state index in [1.807, 2.05) is 0 Å². The van der Waals surface area contributed by atoms with Gasteiger partial charge in [-0.1, -0.05) is 0 Å². The molecule has 5 heteroatoms. The number of nitrogens with one attached hydrogen (secondary N) is 1. The molecule has 1 aliphatic rings. The largest absolute Gasteiger partial charge is 0.475 e. The fourth-order valence-corrected chi connectivity index (χ4v) is 1.22. The van der Waals surface area contributed by atoms with Crippen LogP contribution in [0.1, 0.15) is 34.0 Å². The van der Waals surface area contributed by atoms with Crippen molar-refractivity contribution >= 4 is 11.9 Å². The third-order valence-electron chi connectivity index (χ3n) is 2.29. The van der Waals surface area contributed by atoms with Crippen LogP contribution in [0.4, 0.5) is 0 Å². The fraction of sp³-hybridized carbons (Fsp3) is 0.400. The molecule has 0 saturated heterocycles.